The van der Waals surface area contributed by atoms with Gasteiger partial charge in [-0.1, -0.05) is 38.8 Å². The van der Waals surface area contributed by atoms with E-state index in [0.29, 0.717) is 11.8 Å². The van der Waals surface area contributed by atoms with Gasteiger partial charge in [-0.15, -0.1) is 0 Å². The zero-order valence-corrected chi connectivity index (χ0v) is 14.9. The molecule has 23 heavy (non-hydrogen) atoms. The topological polar surface area (TPSA) is 60.8 Å². The van der Waals surface area contributed by atoms with E-state index in [0.717, 1.165) is 6.92 Å². The van der Waals surface area contributed by atoms with Crippen LogP contribution in [0.2, 0.25) is 0 Å². The lowest BCUT2D eigenvalue weighted by Gasteiger charge is -2.38. The molecule has 1 aliphatic heterocycles. The Morgan fingerprint density at radius 2 is 2.00 bits per heavy atom. The van der Waals surface area contributed by atoms with Crippen LogP contribution >= 0.6 is 0 Å². The third-order valence-electron chi connectivity index (χ3n) is 4.76. The van der Waals surface area contributed by atoms with Gasteiger partial charge in [0.1, 0.15) is 5.75 Å². The van der Waals surface area contributed by atoms with Crippen molar-refractivity contribution in [3.8, 4) is 5.75 Å². The molecule has 0 radical (unpaired) electrons. The molecule has 1 fully saturated rings. The highest BCUT2D eigenvalue weighted by atomic mass is 16.4. The first kappa shape index (κ1) is 19.5. The molecule has 1 heterocycles. The van der Waals surface area contributed by atoms with E-state index in [1.54, 1.807) is 6.07 Å². The number of benzene rings is 1. The summed E-state index contributed by atoms with van der Waals surface area (Å²) in [5.74, 6) is -0.433. The number of likely N-dealkylation sites (tertiary alicyclic amines) is 1. The number of rotatable bonds is 5. The first-order chi connectivity index (χ1) is 10.9. The zero-order valence-electron chi connectivity index (χ0n) is 14.9. The summed E-state index contributed by atoms with van der Waals surface area (Å²) < 4.78 is 0. The van der Waals surface area contributed by atoms with E-state index in [2.05, 4.69) is 31.9 Å². The number of hydrogen-bond donors (Lipinski definition) is 2. The molecule has 1 aromatic carbocycles. The van der Waals surface area contributed by atoms with E-state index in [4.69, 9.17) is 9.90 Å². The van der Waals surface area contributed by atoms with Crippen LogP contribution in [0.15, 0.2) is 24.3 Å². The lowest BCUT2D eigenvalue weighted by molar-refractivity contribution is -0.134. The summed E-state index contributed by atoms with van der Waals surface area (Å²) in [6, 6.07) is 8.56. The van der Waals surface area contributed by atoms with Gasteiger partial charge in [0.2, 0.25) is 0 Å². The molecule has 0 amide bonds. The average molecular weight is 321 g/mol. The highest BCUT2D eigenvalue weighted by Gasteiger charge is 2.45. The number of hydrogen-bond acceptors (Lipinski definition) is 3. The Hall–Kier alpha value is -1.55. The molecule has 0 aliphatic carbocycles. The number of aromatic hydroxyl groups is 1. The first-order valence-corrected chi connectivity index (χ1v) is 8.56. The molecule has 130 valence electrons. The number of nitrogens with zero attached hydrogens (tertiary/aromatic N) is 1. The largest absolute Gasteiger partial charge is 0.508 e. The molecule has 0 saturated carbocycles. The van der Waals surface area contributed by atoms with Crippen molar-refractivity contribution in [1.29, 1.82) is 0 Å². The maximum Gasteiger partial charge on any atom is 0.300 e. The summed E-state index contributed by atoms with van der Waals surface area (Å²) in [6.07, 6.45) is 6.09. The van der Waals surface area contributed by atoms with Crippen LogP contribution < -0.4 is 0 Å². The van der Waals surface area contributed by atoms with Gasteiger partial charge in [-0.25, -0.2) is 0 Å². The van der Waals surface area contributed by atoms with Gasteiger partial charge < -0.3 is 15.1 Å². The summed E-state index contributed by atoms with van der Waals surface area (Å²) in [5, 5.41) is 17.2. The van der Waals surface area contributed by atoms with Crippen LogP contribution in [0.25, 0.3) is 0 Å². The van der Waals surface area contributed by atoms with Crippen molar-refractivity contribution in [2.45, 2.75) is 64.3 Å². The minimum atomic E-state index is -0.833. The highest BCUT2D eigenvalue weighted by molar-refractivity contribution is 5.62. The van der Waals surface area contributed by atoms with Crippen molar-refractivity contribution in [3.63, 3.8) is 0 Å². The second-order valence-electron chi connectivity index (χ2n) is 6.51. The minimum absolute atomic E-state index is 0.234. The third-order valence-corrected chi connectivity index (χ3v) is 4.76. The summed E-state index contributed by atoms with van der Waals surface area (Å²) in [6.45, 7) is 6.79. The van der Waals surface area contributed by atoms with Crippen molar-refractivity contribution < 1.29 is 15.0 Å². The van der Waals surface area contributed by atoms with Gasteiger partial charge in [0.25, 0.3) is 5.97 Å². The molecular weight excluding hydrogens is 290 g/mol. The lowest BCUT2D eigenvalue weighted by atomic mass is 9.70. The fourth-order valence-corrected chi connectivity index (χ4v) is 3.92. The monoisotopic (exact) mass is 321 g/mol. The number of aliphatic carboxylic acids is 1. The van der Waals surface area contributed by atoms with Crippen molar-refractivity contribution in [2.75, 3.05) is 13.6 Å². The minimum Gasteiger partial charge on any atom is -0.508 e. The van der Waals surface area contributed by atoms with E-state index in [1.807, 2.05) is 12.1 Å². The van der Waals surface area contributed by atoms with Crippen LogP contribution in [0.4, 0.5) is 0 Å². The Bertz CT molecular complexity index is 495. The van der Waals surface area contributed by atoms with E-state index in [-0.39, 0.29) is 5.41 Å². The summed E-state index contributed by atoms with van der Waals surface area (Å²) in [5.41, 5.74) is 1.57. The zero-order chi connectivity index (χ0) is 17.5. The predicted molar refractivity (Wildman–Crippen MR) is 93.9 cm³/mol. The van der Waals surface area contributed by atoms with Crippen LogP contribution in [0.1, 0.15) is 58.4 Å². The number of likely N-dealkylation sites (N-methyl/N-ethyl adjacent to an activating group) is 1. The van der Waals surface area contributed by atoms with Crippen molar-refractivity contribution >= 4 is 5.97 Å². The van der Waals surface area contributed by atoms with Crippen LogP contribution in [0.3, 0.4) is 0 Å². The molecule has 2 unspecified atom stereocenters. The van der Waals surface area contributed by atoms with Gasteiger partial charge in [-0.05, 0) is 50.6 Å². The van der Waals surface area contributed by atoms with Crippen LogP contribution in [0, 0.1) is 0 Å². The van der Waals surface area contributed by atoms with E-state index >= 15 is 0 Å². The Morgan fingerprint density at radius 1 is 1.35 bits per heavy atom. The molecule has 4 heteroatoms. The smallest absolute Gasteiger partial charge is 0.300 e. The summed E-state index contributed by atoms with van der Waals surface area (Å²) in [4.78, 5) is 11.5. The van der Waals surface area contributed by atoms with Crippen LogP contribution in [0.5, 0.6) is 5.75 Å². The summed E-state index contributed by atoms with van der Waals surface area (Å²) in [7, 11) is 2.25. The number of phenolic OH excluding ortho intramolecular Hbond substituents is 1. The Labute approximate surface area is 140 Å². The molecule has 1 saturated heterocycles. The normalized spacial score (nSPS) is 24.1. The molecule has 0 bridgehead atoms. The molecular formula is C19H31NO3. The van der Waals surface area contributed by atoms with Crippen molar-refractivity contribution in [3.05, 3.63) is 29.8 Å². The molecule has 2 atom stereocenters. The van der Waals surface area contributed by atoms with E-state index in [1.165, 1.54) is 44.2 Å². The number of carboxylic acid groups (broad SMARTS) is 1. The number of phenols is 1. The lowest BCUT2D eigenvalue weighted by Crippen LogP contribution is -2.41. The Morgan fingerprint density at radius 3 is 2.52 bits per heavy atom. The quantitative estimate of drug-likeness (QED) is 0.859. The fraction of sp³-hybridized carbons (Fsp3) is 0.632. The molecule has 4 nitrogen and oxygen atoms in total. The molecule has 1 aromatic rings. The maximum atomic E-state index is 9.82. The van der Waals surface area contributed by atoms with Gasteiger partial charge >= 0.3 is 0 Å². The first-order valence-electron chi connectivity index (χ1n) is 8.56. The van der Waals surface area contributed by atoms with E-state index in [9.17, 15) is 5.11 Å². The standard InChI is InChI=1S/C17H27NO.C2H4O2/c1-4-7-16-17(10-5-2,11-12-18(16)3)14-8-6-9-15(19)13-14;1-2(3)4/h6,8-9,13,16,19H,4-5,7,10-12H2,1-3H3;1H3,(H,3,4). The number of carboxylic acids is 1. The molecule has 0 aromatic heterocycles. The molecule has 0 spiro atoms. The van der Waals surface area contributed by atoms with Crippen LogP contribution in [-0.4, -0.2) is 40.7 Å². The van der Waals surface area contributed by atoms with Gasteiger partial charge in [0, 0.05) is 18.4 Å². The third kappa shape index (κ3) is 4.96. The van der Waals surface area contributed by atoms with Crippen LogP contribution in [-0.2, 0) is 10.2 Å². The number of carbonyl (C=O) groups is 1. The van der Waals surface area contributed by atoms with Gasteiger partial charge in [-0.2, -0.15) is 0 Å². The second-order valence-corrected chi connectivity index (χ2v) is 6.51. The highest BCUT2D eigenvalue weighted by Crippen LogP contribution is 2.45. The SMILES string of the molecule is CC(=O)O.CCCC1N(C)CCC1(CCC)c1cccc(O)c1. The van der Waals surface area contributed by atoms with Crippen molar-refractivity contribution in [2.24, 2.45) is 0 Å². The van der Waals surface area contributed by atoms with Crippen molar-refractivity contribution in [1.82, 2.24) is 4.90 Å². The van der Waals surface area contributed by atoms with Gasteiger partial charge in [-0.3, -0.25) is 4.79 Å². The molecule has 2 N–H and O–H groups in total. The molecule has 1 aliphatic rings. The average Bonchev–Trinajstić information content (AvgIpc) is 2.78. The predicted octanol–water partition coefficient (Wildman–Crippen LogP) is 4.03. The Kier molecular flexibility index (Phi) is 7.56. The summed E-state index contributed by atoms with van der Waals surface area (Å²) >= 11 is 0. The van der Waals surface area contributed by atoms with Gasteiger partial charge in [0.05, 0.1) is 0 Å². The second kappa shape index (κ2) is 8.92. The molecule has 2 rings (SSSR count). The maximum absolute atomic E-state index is 9.82. The Balaban J connectivity index is 0.000000593. The van der Waals surface area contributed by atoms with E-state index < -0.39 is 5.97 Å². The fourth-order valence-electron chi connectivity index (χ4n) is 3.92. The van der Waals surface area contributed by atoms with Gasteiger partial charge in [0.15, 0.2) is 0 Å².